The number of hydrogen-bond donors (Lipinski definition) is 0. The Morgan fingerprint density at radius 3 is 2.68 bits per heavy atom. The SMILES string of the molecule is COc1ccc2c(=O)c3c(oc2c1)C(=O)N(c1nccs1)C3c1ccncc1. The van der Waals surface area contributed by atoms with Gasteiger partial charge in [-0.2, -0.15) is 0 Å². The number of pyridine rings is 1. The van der Waals surface area contributed by atoms with Crippen molar-refractivity contribution in [1.82, 2.24) is 9.97 Å². The van der Waals surface area contributed by atoms with Crippen LogP contribution < -0.4 is 15.1 Å². The molecule has 0 aliphatic carbocycles. The van der Waals surface area contributed by atoms with Crippen LogP contribution in [0.15, 0.2) is 63.5 Å². The van der Waals surface area contributed by atoms with Gasteiger partial charge in [-0.1, -0.05) is 0 Å². The summed E-state index contributed by atoms with van der Waals surface area (Å²) in [5, 5.41) is 2.68. The molecule has 1 unspecified atom stereocenters. The number of amides is 1. The van der Waals surface area contributed by atoms with Crippen LogP contribution in [0.2, 0.25) is 0 Å². The zero-order valence-electron chi connectivity index (χ0n) is 14.7. The van der Waals surface area contributed by atoms with Crippen molar-refractivity contribution in [2.75, 3.05) is 12.0 Å². The number of methoxy groups -OCH3 is 1. The van der Waals surface area contributed by atoms with Crippen molar-refractivity contribution in [1.29, 1.82) is 0 Å². The first-order valence-electron chi connectivity index (χ1n) is 8.47. The van der Waals surface area contributed by atoms with Gasteiger partial charge in [-0.05, 0) is 29.8 Å². The van der Waals surface area contributed by atoms with Crippen molar-refractivity contribution in [3.8, 4) is 5.75 Å². The number of anilines is 1. The van der Waals surface area contributed by atoms with Gasteiger partial charge in [0.15, 0.2) is 10.6 Å². The molecule has 0 N–H and O–H groups in total. The van der Waals surface area contributed by atoms with E-state index in [0.29, 0.717) is 27.4 Å². The van der Waals surface area contributed by atoms with Crippen LogP contribution in [0.25, 0.3) is 11.0 Å². The summed E-state index contributed by atoms with van der Waals surface area (Å²) in [5.41, 5.74) is 1.14. The van der Waals surface area contributed by atoms with Crippen molar-refractivity contribution in [2.24, 2.45) is 0 Å². The van der Waals surface area contributed by atoms with E-state index >= 15 is 0 Å². The van der Waals surface area contributed by atoms with Crippen LogP contribution in [-0.2, 0) is 0 Å². The number of aromatic nitrogens is 2. The van der Waals surface area contributed by atoms with E-state index in [9.17, 15) is 9.59 Å². The summed E-state index contributed by atoms with van der Waals surface area (Å²) in [6.45, 7) is 0. The molecule has 138 valence electrons. The maximum absolute atomic E-state index is 13.4. The van der Waals surface area contributed by atoms with Crippen molar-refractivity contribution < 1.29 is 13.9 Å². The normalized spacial score (nSPS) is 15.8. The lowest BCUT2D eigenvalue weighted by molar-refractivity contribution is 0.0971. The topological polar surface area (TPSA) is 85.5 Å². The average molecular weight is 391 g/mol. The van der Waals surface area contributed by atoms with Gasteiger partial charge in [0.1, 0.15) is 11.3 Å². The first-order valence-corrected chi connectivity index (χ1v) is 9.34. The van der Waals surface area contributed by atoms with Crippen LogP contribution >= 0.6 is 11.3 Å². The molecule has 7 nitrogen and oxygen atoms in total. The Labute approximate surface area is 162 Å². The van der Waals surface area contributed by atoms with Crippen molar-refractivity contribution in [3.05, 3.63) is 81.4 Å². The third-order valence-electron chi connectivity index (χ3n) is 4.73. The van der Waals surface area contributed by atoms with Crippen molar-refractivity contribution in [2.45, 2.75) is 6.04 Å². The van der Waals surface area contributed by atoms with E-state index in [4.69, 9.17) is 9.15 Å². The molecule has 0 spiro atoms. The van der Waals surface area contributed by atoms with Gasteiger partial charge in [0, 0.05) is 30.0 Å². The Balaban J connectivity index is 1.82. The minimum absolute atomic E-state index is 0.0303. The van der Waals surface area contributed by atoms with E-state index in [-0.39, 0.29) is 11.2 Å². The molecule has 0 fully saturated rings. The highest BCUT2D eigenvalue weighted by atomic mass is 32.1. The van der Waals surface area contributed by atoms with Crippen LogP contribution in [-0.4, -0.2) is 23.0 Å². The van der Waals surface area contributed by atoms with E-state index in [1.165, 1.54) is 23.3 Å². The second-order valence-electron chi connectivity index (χ2n) is 6.21. The molecule has 1 amide bonds. The monoisotopic (exact) mass is 391 g/mol. The molecule has 0 bridgehead atoms. The number of thiazole rings is 1. The van der Waals surface area contributed by atoms with Gasteiger partial charge in [-0.25, -0.2) is 4.98 Å². The molecule has 1 aliphatic rings. The molecule has 0 saturated carbocycles. The Kier molecular flexibility index (Phi) is 3.73. The zero-order valence-corrected chi connectivity index (χ0v) is 15.5. The molecule has 8 heteroatoms. The quantitative estimate of drug-likeness (QED) is 0.532. The first kappa shape index (κ1) is 16.6. The van der Waals surface area contributed by atoms with Crippen LogP contribution in [0.4, 0.5) is 5.13 Å². The maximum atomic E-state index is 13.4. The minimum Gasteiger partial charge on any atom is -0.497 e. The first-order chi connectivity index (χ1) is 13.7. The Morgan fingerprint density at radius 1 is 1.14 bits per heavy atom. The van der Waals surface area contributed by atoms with Gasteiger partial charge in [-0.3, -0.25) is 19.5 Å². The predicted molar refractivity (Wildman–Crippen MR) is 104 cm³/mol. The zero-order chi connectivity index (χ0) is 19.3. The van der Waals surface area contributed by atoms with Gasteiger partial charge < -0.3 is 9.15 Å². The average Bonchev–Trinajstić information content (AvgIpc) is 3.35. The number of carbonyl (C=O) groups excluding carboxylic acids is 1. The molecule has 0 saturated heterocycles. The molecule has 28 heavy (non-hydrogen) atoms. The number of fused-ring (bicyclic) bond motifs is 2. The lowest BCUT2D eigenvalue weighted by Crippen LogP contribution is -2.29. The molecule has 4 heterocycles. The summed E-state index contributed by atoms with van der Waals surface area (Å²) in [6, 6.07) is 7.90. The highest BCUT2D eigenvalue weighted by molar-refractivity contribution is 7.13. The second-order valence-corrected chi connectivity index (χ2v) is 7.08. The molecule has 1 aliphatic heterocycles. The number of ether oxygens (including phenoxy) is 1. The van der Waals surface area contributed by atoms with Crippen LogP contribution in [0.5, 0.6) is 5.75 Å². The number of hydrogen-bond acceptors (Lipinski definition) is 7. The summed E-state index contributed by atoms with van der Waals surface area (Å²) in [5.74, 6) is 0.180. The number of carbonyl (C=O) groups is 1. The number of rotatable bonds is 3. The maximum Gasteiger partial charge on any atom is 0.297 e. The fourth-order valence-corrected chi connectivity index (χ4v) is 4.14. The number of benzene rings is 1. The number of nitrogens with zero attached hydrogens (tertiary/aromatic N) is 3. The summed E-state index contributed by atoms with van der Waals surface area (Å²) in [6.07, 6.45) is 4.88. The van der Waals surface area contributed by atoms with E-state index < -0.39 is 11.9 Å². The molecule has 3 aromatic heterocycles. The summed E-state index contributed by atoms with van der Waals surface area (Å²) < 4.78 is 11.1. The fraction of sp³-hybridized carbons (Fsp3) is 0.100. The molecular weight excluding hydrogens is 378 g/mol. The lowest BCUT2D eigenvalue weighted by Gasteiger charge is -2.22. The van der Waals surface area contributed by atoms with E-state index in [1.54, 1.807) is 54.3 Å². The summed E-state index contributed by atoms with van der Waals surface area (Å²) in [7, 11) is 1.53. The Morgan fingerprint density at radius 2 is 1.96 bits per heavy atom. The summed E-state index contributed by atoms with van der Waals surface area (Å²) in [4.78, 5) is 36.4. The van der Waals surface area contributed by atoms with Crippen LogP contribution in [0.1, 0.15) is 27.7 Å². The van der Waals surface area contributed by atoms with Gasteiger partial charge in [0.2, 0.25) is 5.76 Å². The van der Waals surface area contributed by atoms with E-state index in [2.05, 4.69) is 9.97 Å². The standard InChI is InChI=1S/C20H13N3O4S/c1-26-12-2-3-13-14(10-12)27-18-15(17(13)24)16(11-4-6-21-7-5-11)23(19(18)25)20-22-8-9-28-20/h2-10,16H,1H3. The summed E-state index contributed by atoms with van der Waals surface area (Å²) >= 11 is 1.32. The highest BCUT2D eigenvalue weighted by Gasteiger charge is 2.44. The second kappa shape index (κ2) is 6.28. The third-order valence-corrected chi connectivity index (χ3v) is 5.50. The molecule has 1 atom stereocenters. The van der Waals surface area contributed by atoms with Crippen LogP contribution in [0, 0.1) is 0 Å². The van der Waals surface area contributed by atoms with Crippen molar-refractivity contribution >= 4 is 33.3 Å². The molecule has 0 radical (unpaired) electrons. The third kappa shape index (κ3) is 2.35. The minimum atomic E-state index is -0.626. The van der Waals surface area contributed by atoms with Gasteiger partial charge in [-0.15, -0.1) is 11.3 Å². The molecule has 4 aromatic rings. The largest absolute Gasteiger partial charge is 0.497 e. The van der Waals surface area contributed by atoms with Gasteiger partial charge >= 0.3 is 0 Å². The Bertz CT molecular complexity index is 1250. The highest BCUT2D eigenvalue weighted by Crippen LogP contribution is 2.41. The van der Waals surface area contributed by atoms with Crippen LogP contribution in [0.3, 0.4) is 0 Å². The van der Waals surface area contributed by atoms with E-state index in [1.807, 2.05) is 0 Å². The van der Waals surface area contributed by atoms with Gasteiger partial charge in [0.05, 0.1) is 24.1 Å². The molecular formula is C20H13N3O4S. The van der Waals surface area contributed by atoms with E-state index in [0.717, 1.165) is 5.56 Å². The Hall–Kier alpha value is -3.52. The lowest BCUT2D eigenvalue weighted by atomic mass is 9.99. The molecule has 1 aromatic carbocycles. The molecule has 5 rings (SSSR count). The van der Waals surface area contributed by atoms with Gasteiger partial charge in [0.25, 0.3) is 5.91 Å². The smallest absolute Gasteiger partial charge is 0.297 e. The fourth-order valence-electron chi connectivity index (χ4n) is 3.47. The predicted octanol–water partition coefficient (Wildman–Crippen LogP) is 3.40. The van der Waals surface area contributed by atoms with Crippen molar-refractivity contribution in [3.63, 3.8) is 0 Å².